The normalized spacial score (nSPS) is 18.5. The molecule has 0 spiro atoms. The van der Waals surface area contributed by atoms with Crippen molar-refractivity contribution in [3.05, 3.63) is 59.0 Å². The van der Waals surface area contributed by atoms with Crippen molar-refractivity contribution in [1.82, 2.24) is 19.7 Å². The monoisotopic (exact) mass is 450 g/mol. The lowest BCUT2D eigenvalue weighted by Crippen LogP contribution is -2.47. The third kappa shape index (κ3) is 3.94. The molecule has 3 aromatic rings. The molecule has 2 heterocycles. The van der Waals surface area contributed by atoms with Crippen LogP contribution in [0.3, 0.4) is 0 Å². The maximum absolute atomic E-state index is 12.5. The fourth-order valence-electron chi connectivity index (χ4n) is 4.44. The molecule has 0 radical (unpaired) electrons. The molecular formula is C24H26N4O5. The van der Waals surface area contributed by atoms with Gasteiger partial charge in [0, 0.05) is 24.6 Å². The van der Waals surface area contributed by atoms with Gasteiger partial charge in [-0.3, -0.25) is 4.79 Å². The molecule has 9 heteroatoms. The zero-order valence-electron chi connectivity index (χ0n) is 18.3. The number of carbonyl (C=O) groups excluding carboxylic acids is 1. The molecule has 1 unspecified atom stereocenters. The molecule has 2 aliphatic rings. The summed E-state index contributed by atoms with van der Waals surface area (Å²) in [5.74, 6) is -2.17. The zero-order valence-corrected chi connectivity index (χ0v) is 18.3. The van der Waals surface area contributed by atoms with Crippen LogP contribution in [0.5, 0.6) is 5.75 Å². The summed E-state index contributed by atoms with van der Waals surface area (Å²) in [6, 6.07) is 14.9. The maximum Gasteiger partial charge on any atom is 0.347 e. The predicted molar refractivity (Wildman–Crippen MR) is 120 cm³/mol. The Morgan fingerprint density at radius 3 is 2.24 bits per heavy atom. The number of aromatic nitrogens is 3. The van der Waals surface area contributed by atoms with Crippen LogP contribution in [0.15, 0.2) is 53.3 Å². The van der Waals surface area contributed by atoms with Crippen molar-refractivity contribution in [2.45, 2.75) is 25.2 Å². The summed E-state index contributed by atoms with van der Waals surface area (Å²) in [6.45, 7) is 0.636. The predicted octanol–water partition coefficient (Wildman–Crippen LogP) is 1.77. The molecular weight excluding hydrogens is 424 g/mol. The molecule has 9 nitrogen and oxygen atoms in total. The second kappa shape index (κ2) is 8.17. The number of rotatable bonds is 6. The Labute approximate surface area is 190 Å². The molecule has 1 saturated heterocycles. The van der Waals surface area contributed by atoms with Crippen LogP contribution in [0.25, 0.3) is 22.5 Å². The van der Waals surface area contributed by atoms with Crippen LogP contribution in [-0.2, 0) is 10.7 Å². The standard InChI is InChI=1S/C24H26N4O5/c1-33-20-10-8-16(9-11-20)15-2-4-17(5-3-15)21-25-26-23(30)28(21)24(31,32)19-12-13-27(14-19)22(29)18-6-7-18/h2-5,8-11,18-19,31-32H,6-7,12-14H2,1H3,(H,26,30). The van der Waals surface area contributed by atoms with Crippen LogP contribution in [0, 0.1) is 11.8 Å². The minimum Gasteiger partial charge on any atom is -0.497 e. The summed E-state index contributed by atoms with van der Waals surface area (Å²) < 4.78 is 6.07. The van der Waals surface area contributed by atoms with Crippen LogP contribution >= 0.6 is 0 Å². The molecule has 0 bridgehead atoms. The summed E-state index contributed by atoms with van der Waals surface area (Å²) in [4.78, 5) is 26.6. The van der Waals surface area contributed by atoms with Gasteiger partial charge in [0.2, 0.25) is 5.91 Å². The Balaban J connectivity index is 1.40. The number of nitrogens with zero attached hydrogens (tertiary/aromatic N) is 3. The van der Waals surface area contributed by atoms with Gasteiger partial charge in [-0.15, -0.1) is 0 Å². The minimum atomic E-state index is -2.48. The molecule has 1 aliphatic heterocycles. The first kappa shape index (κ1) is 21.4. The van der Waals surface area contributed by atoms with E-state index in [1.54, 1.807) is 24.1 Å². The third-order valence-corrected chi connectivity index (χ3v) is 6.54. The van der Waals surface area contributed by atoms with Crippen LogP contribution in [0.2, 0.25) is 0 Å². The highest BCUT2D eigenvalue weighted by atomic mass is 16.5. The quantitative estimate of drug-likeness (QED) is 0.492. The number of H-pyrrole nitrogens is 1. The maximum atomic E-state index is 12.5. The highest BCUT2D eigenvalue weighted by molar-refractivity contribution is 5.81. The number of carbonyl (C=O) groups is 1. The van der Waals surface area contributed by atoms with E-state index in [2.05, 4.69) is 10.2 Å². The van der Waals surface area contributed by atoms with Crippen LogP contribution in [0.1, 0.15) is 19.3 Å². The van der Waals surface area contributed by atoms with Crippen molar-refractivity contribution < 1.29 is 19.7 Å². The molecule has 5 rings (SSSR count). The largest absolute Gasteiger partial charge is 0.497 e. The van der Waals surface area contributed by atoms with Gasteiger partial charge in [-0.05, 0) is 42.5 Å². The lowest BCUT2D eigenvalue weighted by molar-refractivity contribution is -0.263. The Morgan fingerprint density at radius 1 is 1.03 bits per heavy atom. The van der Waals surface area contributed by atoms with Gasteiger partial charge in [0.15, 0.2) is 5.82 Å². The first-order chi connectivity index (χ1) is 15.9. The number of ether oxygens (including phenoxy) is 1. The van der Waals surface area contributed by atoms with Gasteiger partial charge in [-0.25, -0.2) is 14.5 Å². The van der Waals surface area contributed by atoms with Gasteiger partial charge in [0.1, 0.15) is 5.75 Å². The molecule has 1 amide bonds. The molecule has 1 saturated carbocycles. The van der Waals surface area contributed by atoms with Crippen molar-refractivity contribution in [1.29, 1.82) is 0 Å². The number of nitrogens with one attached hydrogen (secondary N) is 1. The van der Waals surface area contributed by atoms with Crippen LogP contribution < -0.4 is 10.4 Å². The van der Waals surface area contributed by atoms with E-state index in [0.29, 0.717) is 18.5 Å². The van der Waals surface area contributed by atoms with Gasteiger partial charge in [0.05, 0.1) is 13.0 Å². The van der Waals surface area contributed by atoms with Crippen molar-refractivity contribution in [2.24, 2.45) is 11.8 Å². The molecule has 2 fully saturated rings. The topological polar surface area (TPSA) is 121 Å². The van der Waals surface area contributed by atoms with Gasteiger partial charge >= 0.3 is 5.69 Å². The van der Waals surface area contributed by atoms with Crippen molar-refractivity contribution in [3.8, 4) is 28.3 Å². The Bertz CT molecular complexity index is 1210. The number of aromatic amines is 1. The number of hydrogen-bond donors (Lipinski definition) is 3. The van der Waals surface area contributed by atoms with Gasteiger partial charge in [-0.2, -0.15) is 5.10 Å². The van der Waals surface area contributed by atoms with Gasteiger partial charge in [-0.1, -0.05) is 36.4 Å². The second-order valence-corrected chi connectivity index (χ2v) is 8.73. The highest BCUT2D eigenvalue weighted by Crippen LogP contribution is 2.36. The van der Waals surface area contributed by atoms with Crippen LogP contribution in [0.4, 0.5) is 0 Å². The SMILES string of the molecule is COc1ccc(-c2ccc(-c3n[nH]c(=O)n3C(O)(O)C3CCN(C(=O)C4CC4)C3)cc2)cc1. The molecule has 1 aromatic heterocycles. The Morgan fingerprint density at radius 2 is 1.64 bits per heavy atom. The lowest BCUT2D eigenvalue weighted by atomic mass is 10.0. The summed E-state index contributed by atoms with van der Waals surface area (Å²) >= 11 is 0. The fourth-order valence-corrected chi connectivity index (χ4v) is 4.44. The Kier molecular flexibility index (Phi) is 5.30. The van der Waals surface area contributed by atoms with E-state index < -0.39 is 17.5 Å². The highest BCUT2D eigenvalue weighted by Gasteiger charge is 2.46. The first-order valence-electron chi connectivity index (χ1n) is 11.0. The molecule has 1 atom stereocenters. The van der Waals surface area contributed by atoms with Gasteiger partial charge in [0.25, 0.3) is 5.91 Å². The number of methoxy groups -OCH3 is 1. The van der Waals surface area contributed by atoms with E-state index in [-0.39, 0.29) is 24.2 Å². The number of likely N-dealkylation sites (tertiary alicyclic amines) is 1. The Hall–Kier alpha value is -3.43. The van der Waals surface area contributed by atoms with E-state index >= 15 is 0 Å². The summed E-state index contributed by atoms with van der Waals surface area (Å²) in [6.07, 6.45) is 2.17. The fraction of sp³-hybridized carbons (Fsp3) is 0.375. The van der Waals surface area contributed by atoms with E-state index in [1.165, 1.54) is 0 Å². The second-order valence-electron chi connectivity index (χ2n) is 8.73. The molecule has 1 aliphatic carbocycles. The summed E-state index contributed by atoms with van der Waals surface area (Å²) in [5, 5.41) is 28.5. The van der Waals surface area contributed by atoms with Gasteiger partial charge < -0.3 is 19.8 Å². The number of amides is 1. The zero-order chi connectivity index (χ0) is 23.2. The summed E-state index contributed by atoms with van der Waals surface area (Å²) in [5.41, 5.74) is 1.78. The van der Waals surface area contributed by atoms with Crippen LogP contribution in [-0.4, -0.2) is 56.0 Å². The smallest absolute Gasteiger partial charge is 0.347 e. The van der Waals surface area contributed by atoms with Crippen molar-refractivity contribution in [2.75, 3.05) is 20.2 Å². The van der Waals surface area contributed by atoms with E-state index in [1.807, 2.05) is 36.4 Å². The summed E-state index contributed by atoms with van der Waals surface area (Å²) in [7, 11) is 1.61. The number of aliphatic hydroxyl groups is 2. The van der Waals surface area contributed by atoms with Crippen molar-refractivity contribution >= 4 is 5.91 Å². The first-order valence-corrected chi connectivity index (χ1v) is 11.0. The van der Waals surface area contributed by atoms with E-state index in [0.717, 1.165) is 34.3 Å². The number of hydrogen-bond acceptors (Lipinski definition) is 6. The van der Waals surface area contributed by atoms with Crippen molar-refractivity contribution in [3.63, 3.8) is 0 Å². The average Bonchev–Trinajstić information content (AvgIpc) is 3.41. The number of benzene rings is 2. The molecule has 172 valence electrons. The third-order valence-electron chi connectivity index (χ3n) is 6.54. The molecule has 3 N–H and O–H groups in total. The van der Waals surface area contributed by atoms with E-state index in [4.69, 9.17) is 4.74 Å². The average molecular weight is 450 g/mol. The molecule has 33 heavy (non-hydrogen) atoms. The lowest BCUT2D eigenvalue weighted by Gasteiger charge is -2.29. The van der Waals surface area contributed by atoms with E-state index in [9.17, 15) is 19.8 Å². The minimum absolute atomic E-state index is 0.0576. The molecule has 2 aromatic carbocycles.